The van der Waals surface area contributed by atoms with Crippen molar-refractivity contribution in [3.8, 4) is 0 Å². The summed E-state index contributed by atoms with van der Waals surface area (Å²) in [6.07, 6.45) is 0. The highest BCUT2D eigenvalue weighted by Gasteiger charge is 2.18. The van der Waals surface area contributed by atoms with Gasteiger partial charge in [0.25, 0.3) is 0 Å². The van der Waals surface area contributed by atoms with Crippen LogP contribution in [0.15, 0.2) is 29.2 Å². The van der Waals surface area contributed by atoms with Gasteiger partial charge in [0, 0.05) is 17.6 Å². The third-order valence-electron chi connectivity index (χ3n) is 2.17. The van der Waals surface area contributed by atoms with E-state index in [1.165, 1.54) is 24.3 Å². The molecule has 1 rings (SSSR count). The van der Waals surface area contributed by atoms with E-state index in [0.717, 1.165) is 0 Å². The monoisotopic (exact) mass is 271 g/mol. The van der Waals surface area contributed by atoms with Gasteiger partial charge in [-0.25, -0.2) is 13.1 Å². The van der Waals surface area contributed by atoms with Crippen molar-refractivity contribution in [1.82, 2.24) is 4.72 Å². The van der Waals surface area contributed by atoms with Gasteiger partial charge >= 0.3 is 0 Å². The van der Waals surface area contributed by atoms with Gasteiger partial charge in [-0.2, -0.15) is 0 Å². The second-order valence-electron chi connectivity index (χ2n) is 4.70. The van der Waals surface area contributed by atoms with Gasteiger partial charge in [-0.3, -0.25) is 4.79 Å². The number of hydrogen-bond acceptors (Lipinski definition) is 4. The molecule has 0 fully saturated rings. The number of carbonyl (C=O) groups excluding carboxylic acids is 1. The molecule has 0 bridgehead atoms. The number of carbonyl (C=O) groups is 1. The second kappa shape index (κ2) is 5.05. The maximum atomic E-state index is 11.9. The van der Waals surface area contributed by atoms with Crippen LogP contribution in [0.5, 0.6) is 0 Å². The van der Waals surface area contributed by atoms with Gasteiger partial charge in [0.15, 0.2) is 0 Å². The molecule has 0 unspecified atom stereocenters. The third-order valence-corrected chi connectivity index (χ3v) is 3.58. The Balaban J connectivity index is 2.89. The molecule has 0 atom stereocenters. The van der Waals surface area contributed by atoms with E-state index in [-0.39, 0.29) is 17.0 Å². The van der Waals surface area contributed by atoms with Crippen LogP contribution in [-0.4, -0.2) is 26.4 Å². The fraction of sp³-hybridized carbons (Fsp3) is 0.364. The summed E-state index contributed by atoms with van der Waals surface area (Å²) >= 11 is 0. The number of hydrogen-bond donors (Lipinski definition) is 3. The largest absolute Gasteiger partial charge is 0.366 e. The minimum Gasteiger partial charge on any atom is -0.366 e. The number of nitrogens with one attached hydrogen (secondary N) is 1. The molecule has 0 aliphatic heterocycles. The van der Waals surface area contributed by atoms with E-state index < -0.39 is 21.5 Å². The molecule has 5 N–H and O–H groups in total. The molecule has 0 aliphatic rings. The molecule has 1 aromatic rings. The maximum Gasteiger partial charge on any atom is 0.248 e. The Morgan fingerprint density at radius 3 is 2.17 bits per heavy atom. The van der Waals surface area contributed by atoms with Crippen molar-refractivity contribution in [2.45, 2.75) is 24.3 Å². The van der Waals surface area contributed by atoms with Crippen LogP contribution in [0.25, 0.3) is 0 Å². The molecule has 0 saturated carbocycles. The van der Waals surface area contributed by atoms with Crippen molar-refractivity contribution >= 4 is 15.9 Å². The Hall–Kier alpha value is -1.44. The molecule has 1 amide bonds. The van der Waals surface area contributed by atoms with E-state index >= 15 is 0 Å². The normalized spacial score (nSPS) is 12.4. The van der Waals surface area contributed by atoms with Gasteiger partial charge in [0.05, 0.1) is 4.90 Å². The Morgan fingerprint density at radius 2 is 1.78 bits per heavy atom. The van der Waals surface area contributed by atoms with E-state index in [1.54, 1.807) is 13.8 Å². The Morgan fingerprint density at radius 1 is 1.28 bits per heavy atom. The highest BCUT2D eigenvalue weighted by molar-refractivity contribution is 7.89. The quantitative estimate of drug-likeness (QED) is 0.687. The van der Waals surface area contributed by atoms with Gasteiger partial charge in [-0.05, 0) is 38.1 Å². The first kappa shape index (κ1) is 14.6. The number of amides is 1. The lowest BCUT2D eigenvalue weighted by Gasteiger charge is -2.18. The summed E-state index contributed by atoms with van der Waals surface area (Å²) in [4.78, 5) is 10.9. The fourth-order valence-electron chi connectivity index (χ4n) is 1.16. The highest BCUT2D eigenvalue weighted by Crippen LogP contribution is 2.10. The van der Waals surface area contributed by atoms with E-state index in [9.17, 15) is 13.2 Å². The molecule has 18 heavy (non-hydrogen) atoms. The summed E-state index contributed by atoms with van der Waals surface area (Å²) in [6.45, 7) is 3.55. The van der Waals surface area contributed by atoms with Crippen molar-refractivity contribution in [2.24, 2.45) is 11.5 Å². The van der Waals surface area contributed by atoms with Crippen molar-refractivity contribution in [3.05, 3.63) is 29.8 Å². The summed E-state index contributed by atoms with van der Waals surface area (Å²) in [6, 6.07) is 5.38. The van der Waals surface area contributed by atoms with Gasteiger partial charge in [-0.15, -0.1) is 0 Å². The minimum atomic E-state index is -3.62. The van der Waals surface area contributed by atoms with Crippen LogP contribution in [0.2, 0.25) is 0 Å². The molecular formula is C11H17N3O3S. The van der Waals surface area contributed by atoms with E-state index in [1.807, 2.05) is 0 Å². The first-order valence-corrected chi connectivity index (χ1v) is 6.78. The molecule has 0 spiro atoms. The molecule has 0 radical (unpaired) electrons. The Kier molecular flexibility index (Phi) is 4.10. The van der Waals surface area contributed by atoms with Gasteiger partial charge in [0.1, 0.15) is 0 Å². The maximum absolute atomic E-state index is 11.9. The first-order chi connectivity index (χ1) is 8.12. The van der Waals surface area contributed by atoms with E-state index in [2.05, 4.69) is 4.72 Å². The van der Waals surface area contributed by atoms with Crippen LogP contribution < -0.4 is 16.2 Å². The lowest BCUT2D eigenvalue weighted by Crippen LogP contribution is -2.45. The third kappa shape index (κ3) is 4.10. The summed E-state index contributed by atoms with van der Waals surface area (Å²) in [5, 5.41) is 0. The van der Waals surface area contributed by atoms with Crippen molar-refractivity contribution in [3.63, 3.8) is 0 Å². The Labute approximate surface area is 106 Å². The number of benzene rings is 1. The average molecular weight is 271 g/mol. The van der Waals surface area contributed by atoms with Crippen LogP contribution in [0.3, 0.4) is 0 Å². The number of sulfonamides is 1. The van der Waals surface area contributed by atoms with Crippen molar-refractivity contribution < 1.29 is 13.2 Å². The molecular weight excluding hydrogens is 254 g/mol. The number of primary amides is 1. The lowest BCUT2D eigenvalue weighted by atomic mass is 10.1. The van der Waals surface area contributed by atoms with Crippen LogP contribution >= 0.6 is 0 Å². The highest BCUT2D eigenvalue weighted by atomic mass is 32.2. The average Bonchev–Trinajstić information content (AvgIpc) is 2.26. The summed E-state index contributed by atoms with van der Waals surface area (Å²) in [5.74, 6) is -0.602. The second-order valence-corrected chi connectivity index (χ2v) is 6.47. The van der Waals surface area contributed by atoms with Crippen LogP contribution in [-0.2, 0) is 10.0 Å². The molecule has 1 aromatic carbocycles. The van der Waals surface area contributed by atoms with Gasteiger partial charge < -0.3 is 11.5 Å². The van der Waals surface area contributed by atoms with Crippen LogP contribution in [0.4, 0.5) is 0 Å². The molecule has 7 heteroatoms. The molecule has 0 saturated heterocycles. The summed E-state index contributed by atoms with van der Waals surface area (Å²) in [5.41, 5.74) is 10.4. The predicted molar refractivity (Wildman–Crippen MR) is 68.4 cm³/mol. The van der Waals surface area contributed by atoms with Crippen molar-refractivity contribution in [2.75, 3.05) is 6.54 Å². The van der Waals surface area contributed by atoms with Crippen LogP contribution in [0, 0.1) is 0 Å². The Bertz CT molecular complexity index is 530. The summed E-state index contributed by atoms with van der Waals surface area (Å²) in [7, 11) is -3.62. The molecule has 6 nitrogen and oxygen atoms in total. The first-order valence-electron chi connectivity index (χ1n) is 5.30. The predicted octanol–water partition coefficient (Wildman–Crippen LogP) is -0.199. The molecule has 0 heterocycles. The lowest BCUT2D eigenvalue weighted by molar-refractivity contribution is 0.1000. The standard InChI is InChI=1S/C11H17N3O3S/c1-11(2,13)7-14-18(16,17)9-5-3-8(4-6-9)10(12)15/h3-6,14H,7,13H2,1-2H3,(H2,12,15). The van der Waals surface area contributed by atoms with E-state index in [0.29, 0.717) is 0 Å². The fourth-order valence-corrected chi connectivity index (χ4v) is 2.39. The van der Waals surface area contributed by atoms with Gasteiger partial charge in [0.2, 0.25) is 15.9 Å². The topological polar surface area (TPSA) is 115 Å². The molecule has 0 aromatic heterocycles. The zero-order chi connectivity index (χ0) is 14.0. The number of nitrogens with two attached hydrogens (primary N) is 2. The zero-order valence-corrected chi connectivity index (χ0v) is 11.1. The summed E-state index contributed by atoms with van der Waals surface area (Å²) < 4.78 is 26.1. The van der Waals surface area contributed by atoms with E-state index in [4.69, 9.17) is 11.5 Å². The number of rotatable bonds is 5. The van der Waals surface area contributed by atoms with Gasteiger partial charge in [-0.1, -0.05) is 0 Å². The van der Waals surface area contributed by atoms with Crippen LogP contribution in [0.1, 0.15) is 24.2 Å². The SMILES string of the molecule is CC(C)(N)CNS(=O)(=O)c1ccc(C(N)=O)cc1. The molecule has 0 aliphatic carbocycles. The van der Waals surface area contributed by atoms with Crippen molar-refractivity contribution in [1.29, 1.82) is 0 Å². The zero-order valence-electron chi connectivity index (χ0n) is 10.3. The minimum absolute atomic E-state index is 0.0664. The molecule has 100 valence electrons. The smallest absolute Gasteiger partial charge is 0.248 e.